The highest BCUT2D eigenvalue weighted by Gasteiger charge is 2.32. The van der Waals surface area contributed by atoms with Gasteiger partial charge in [0.25, 0.3) is 5.91 Å². The number of benzene rings is 2. The third-order valence-electron chi connectivity index (χ3n) is 3.62. The van der Waals surface area contributed by atoms with Crippen LogP contribution in [0, 0.1) is 5.82 Å². The van der Waals surface area contributed by atoms with Gasteiger partial charge in [0.1, 0.15) is 11.4 Å². The maximum atomic E-state index is 13.7. The molecule has 0 saturated carbocycles. The monoisotopic (exact) mass is 349 g/mol. The average molecular weight is 350 g/mol. The van der Waals surface area contributed by atoms with Crippen molar-refractivity contribution in [3.05, 3.63) is 52.8 Å². The molecule has 0 aromatic heterocycles. The highest BCUT2D eigenvalue weighted by molar-refractivity contribution is 6.30. The molecule has 1 aliphatic rings. The molecule has 0 unspecified atom stereocenters. The molecule has 6 heteroatoms. The van der Waals surface area contributed by atoms with Crippen LogP contribution < -0.4 is 14.8 Å². The summed E-state index contributed by atoms with van der Waals surface area (Å²) in [5.41, 5.74) is 0.807. The van der Waals surface area contributed by atoms with E-state index in [-0.39, 0.29) is 22.9 Å². The summed E-state index contributed by atoms with van der Waals surface area (Å²) in [4.78, 5) is 12.0. The van der Waals surface area contributed by atoms with Gasteiger partial charge in [0, 0.05) is 17.0 Å². The number of hydrogen-bond acceptors (Lipinski definition) is 3. The number of ether oxygens (including phenoxy) is 2. The Morgan fingerprint density at radius 3 is 2.92 bits per heavy atom. The van der Waals surface area contributed by atoms with Crippen LogP contribution in [0.15, 0.2) is 36.4 Å². The lowest BCUT2D eigenvalue weighted by Crippen LogP contribution is -2.25. The molecule has 1 heterocycles. The fourth-order valence-electron chi connectivity index (χ4n) is 2.62. The zero-order valence-electron chi connectivity index (χ0n) is 13.4. The molecule has 1 aliphatic heterocycles. The van der Waals surface area contributed by atoms with Crippen LogP contribution in [0.5, 0.6) is 11.5 Å². The first kappa shape index (κ1) is 16.6. The van der Waals surface area contributed by atoms with Gasteiger partial charge in [-0.05, 0) is 38.1 Å². The average Bonchev–Trinajstić information content (AvgIpc) is 2.82. The number of para-hydroxylation sites is 1. The van der Waals surface area contributed by atoms with Gasteiger partial charge in [-0.25, -0.2) is 4.39 Å². The van der Waals surface area contributed by atoms with Crippen LogP contribution in [-0.4, -0.2) is 18.1 Å². The van der Waals surface area contributed by atoms with E-state index in [4.69, 9.17) is 21.1 Å². The normalized spacial score (nSPS) is 14.7. The van der Waals surface area contributed by atoms with Crippen molar-refractivity contribution in [2.45, 2.75) is 25.9 Å². The van der Waals surface area contributed by atoms with E-state index in [1.165, 1.54) is 12.1 Å². The second-order valence-electron chi connectivity index (χ2n) is 6.24. The van der Waals surface area contributed by atoms with Crippen molar-refractivity contribution in [2.75, 3.05) is 11.9 Å². The number of halogens is 2. The zero-order chi connectivity index (χ0) is 17.3. The number of hydrogen-bond donors (Lipinski definition) is 1. The van der Waals surface area contributed by atoms with E-state index in [1.807, 2.05) is 26.0 Å². The molecule has 3 rings (SSSR count). The first-order valence-electron chi connectivity index (χ1n) is 7.53. The predicted molar refractivity (Wildman–Crippen MR) is 90.4 cm³/mol. The topological polar surface area (TPSA) is 47.6 Å². The molecule has 0 radical (unpaired) electrons. The first-order valence-corrected chi connectivity index (χ1v) is 7.90. The third-order valence-corrected chi connectivity index (χ3v) is 3.85. The number of fused-ring (bicyclic) bond motifs is 1. The third kappa shape index (κ3) is 3.62. The number of carbonyl (C=O) groups excluding carboxylic acids is 1. The molecule has 2 aromatic carbocycles. The van der Waals surface area contributed by atoms with E-state index >= 15 is 0 Å². The Balaban J connectivity index is 1.65. The summed E-state index contributed by atoms with van der Waals surface area (Å²) < 4.78 is 25.1. The first-order chi connectivity index (χ1) is 11.3. The van der Waals surface area contributed by atoms with Crippen molar-refractivity contribution in [2.24, 2.45) is 0 Å². The van der Waals surface area contributed by atoms with Crippen molar-refractivity contribution in [3.8, 4) is 11.5 Å². The summed E-state index contributed by atoms with van der Waals surface area (Å²) in [7, 11) is 0. The van der Waals surface area contributed by atoms with Gasteiger partial charge < -0.3 is 14.8 Å². The fraction of sp³-hybridized carbons (Fsp3) is 0.278. The quantitative estimate of drug-likeness (QED) is 0.899. The molecule has 1 N–H and O–H groups in total. The van der Waals surface area contributed by atoms with Crippen LogP contribution in [0.2, 0.25) is 5.02 Å². The van der Waals surface area contributed by atoms with Crippen molar-refractivity contribution >= 4 is 23.2 Å². The lowest BCUT2D eigenvalue weighted by molar-refractivity contribution is -0.118. The molecule has 0 atom stereocenters. The van der Waals surface area contributed by atoms with Gasteiger partial charge in [-0.2, -0.15) is 0 Å². The minimum Gasteiger partial charge on any atom is -0.483 e. The van der Waals surface area contributed by atoms with E-state index in [0.717, 1.165) is 18.1 Å². The molecule has 0 bridgehead atoms. The van der Waals surface area contributed by atoms with Crippen molar-refractivity contribution in [1.82, 2.24) is 0 Å². The van der Waals surface area contributed by atoms with E-state index < -0.39 is 11.7 Å². The molecular formula is C18H17ClFNO3. The lowest BCUT2D eigenvalue weighted by atomic mass is 10.0. The van der Waals surface area contributed by atoms with E-state index in [9.17, 15) is 9.18 Å². The minimum atomic E-state index is -0.596. The summed E-state index contributed by atoms with van der Waals surface area (Å²) in [6.07, 6.45) is 0.779. The molecule has 2 aromatic rings. The molecule has 126 valence electrons. The Bertz CT molecular complexity index is 792. The maximum absolute atomic E-state index is 13.7. The standard InChI is InChI=1S/C18H17ClFNO3/c1-18(2)9-11-4-3-5-15(17(11)24-18)23-10-16(22)21-14-7-6-12(19)8-13(14)20/h3-8H,9-10H2,1-2H3,(H,21,22). The smallest absolute Gasteiger partial charge is 0.262 e. The number of amides is 1. The van der Waals surface area contributed by atoms with Gasteiger partial charge in [-0.3, -0.25) is 4.79 Å². The van der Waals surface area contributed by atoms with Crippen molar-refractivity contribution < 1.29 is 18.7 Å². The number of carbonyl (C=O) groups is 1. The molecule has 1 amide bonds. The maximum Gasteiger partial charge on any atom is 0.262 e. The van der Waals surface area contributed by atoms with E-state index in [2.05, 4.69) is 5.32 Å². The largest absolute Gasteiger partial charge is 0.483 e. The zero-order valence-corrected chi connectivity index (χ0v) is 14.1. The SMILES string of the molecule is CC1(C)Cc2cccc(OCC(=O)Nc3ccc(Cl)cc3F)c2O1. The summed E-state index contributed by atoms with van der Waals surface area (Å²) in [6.45, 7) is 3.74. The minimum absolute atomic E-state index is 0.0590. The van der Waals surface area contributed by atoms with Gasteiger partial charge in [0.2, 0.25) is 0 Å². The van der Waals surface area contributed by atoms with Crippen LogP contribution >= 0.6 is 11.6 Å². The van der Waals surface area contributed by atoms with Crippen LogP contribution in [-0.2, 0) is 11.2 Å². The summed E-state index contributed by atoms with van der Waals surface area (Å²) >= 11 is 5.68. The fourth-order valence-corrected chi connectivity index (χ4v) is 2.78. The number of anilines is 1. The second-order valence-corrected chi connectivity index (χ2v) is 6.68. The highest BCUT2D eigenvalue weighted by atomic mass is 35.5. The number of nitrogens with one attached hydrogen (secondary N) is 1. The lowest BCUT2D eigenvalue weighted by Gasteiger charge is -2.18. The predicted octanol–water partition coefficient (Wildman–Crippen LogP) is 4.21. The van der Waals surface area contributed by atoms with Gasteiger partial charge in [0.15, 0.2) is 18.1 Å². The summed E-state index contributed by atoms with van der Waals surface area (Å²) in [5, 5.41) is 2.72. The van der Waals surface area contributed by atoms with Gasteiger partial charge in [0.05, 0.1) is 5.69 Å². The molecule has 4 nitrogen and oxygen atoms in total. The Kier molecular flexibility index (Phi) is 4.37. The van der Waals surface area contributed by atoms with Crippen molar-refractivity contribution in [1.29, 1.82) is 0 Å². The second kappa shape index (κ2) is 6.32. The van der Waals surface area contributed by atoms with Crippen LogP contribution in [0.3, 0.4) is 0 Å². The van der Waals surface area contributed by atoms with E-state index in [1.54, 1.807) is 6.07 Å². The molecule has 0 aliphatic carbocycles. The van der Waals surface area contributed by atoms with Crippen LogP contribution in [0.4, 0.5) is 10.1 Å². The molecule has 24 heavy (non-hydrogen) atoms. The summed E-state index contributed by atoms with van der Waals surface area (Å²) in [6, 6.07) is 9.62. The van der Waals surface area contributed by atoms with Crippen LogP contribution in [0.1, 0.15) is 19.4 Å². The van der Waals surface area contributed by atoms with E-state index in [0.29, 0.717) is 11.5 Å². The molecule has 0 fully saturated rings. The summed E-state index contributed by atoms with van der Waals surface area (Å²) in [5.74, 6) is 0.102. The molecule has 0 spiro atoms. The van der Waals surface area contributed by atoms with Gasteiger partial charge in [-0.15, -0.1) is 0 Å². The van der Waals surface area contributed by atoms with Gasteiger partial charge in [-0.1, -0.05) is 23.7 Å². The Morgan fingerprint density at radius 1 is 1.38 bits per heavy atom. The van der Waals surface area contributed by atoms with Crippen molar-refractivity contribution in [3.63, 3.8) is 0 Å². The molecular weight excluding hydrogens is 333 g/mol. The Labute approximate surface area is 144 Å². The number of rotatable bonds is 4. The Morgan fingerprint density at radius 2 is 2.17 bits per heavy atom. The molecule has 0 saturated heterocycles. The van der Waals surface area contributed by atoms with Gasteiger partial charge >= 0.3 is 0 Å². The Hall–Kier alpha value is -2.27. The van der Waals surface area contributed by atoms with Crippen LogP contribution in [0.25, 0.3) is 0 Å². The highest BCUT2D eigenvalue weighted by Crippen LogP contribution is 2.41.